The second-order valence-corrected chi connectivity index (χ2v) is 5.24. The summed E-state index contributed by atoms with van der Waals surface area (Å²) in [6.07, 6.45) is 1.71. The molecule has 0 radical (unpaired) electrons. The maximum atomic E-state index is 5.42. The Hall–Kier alpha value is -2.89. The second-order valence-electron chi connectivity index (χ2n) is 5.24. The van der Waals surface area contributed by atoms with E-state index < -0.39 is 0 Å². The van der Waals surface area contributed by atoms with Crippen molar-refractivity contribution in [2.24, 2.45) is 0 Å². The maximum Gasteiger partial charge on any atom is 0.226 e. The summed E-state index contributed by atoms with van der Waals surface area (Å²) >= 11 is 0. The highest BCUT2D eigenvalue weighted by Crippen LogP contribution is 2.30. The lowest BCUT2D eigenvalue weighted by Gasteiger charge is -2.08. The molecule has 0 spiro atoms. The number of pyridine rings is 1. The fourth-order valence-electron chi connectivity index (χ4n) is 2.37. The van der Waals surface area contributed by atoms with E-state index in [-0.39, 0.29) is 0 Å². The third kappa shape index (κ3) is 3.22. The van der Waals surface area contributed by atoms with Crippen LogP contribution in [0, 0.1) is 0 Å². The van der Waals surface area contributed by atoms with Gasteiger partial charge in [0, 0.05) is 12.0 Å². The zero-order valence-electron chi connectivity index (χ0n) is 13.9. The summed E-state index contributed by atoms with van der Waals surface area (Å²) in [5.41, 5.74) is 2.48. The number of benzene rings is 1. The highest BCUT2D eigenvalue weighted by Gasteiger charge is 2.15. The monoisotopic (exact) mass is 325 g/mol. The standard InChI is InChI=1S/C18H19N3O3/c1-4-5-16-20-17(21-24-16)14-10-11-15(19-18(14)23-3)12-6-8-13(22-2)9-7-12/h6-11H,4-5H2,1-3H3. The first kappa shape index (κ1) is 16.0. The normalized spacial score (nSPS) is 10.6. The van der Waals surface area contributed by atoms with E-state index >= 15 is 0 Å². The van der Waals surface area contributed by atoms with Crippen molar-refractivity contribution in [1.29, 1.82) is 0 Å². The van der Waals surface area contributed by atoms with Gasteiger partial charge in [0.1, 0.15) is 5.75 Å². The van der Waals surface area contributed by atoms with Crippen LogP contribution in [0.15, 0.2) is 40.9 Å². The molecule has 3 rings (SSSR count). The lowest BCUT2D eigenvalue weighted by atomic mass is 10.1. The maximum absolute atomic E-state index is 5.42. The molecule has 0 aliphatic carbocycles. The molecule has 0 aliphatic rings. The molecule has 3 aromatic rings. The second kappa shape index (κ2) is 7.12. The Balaban J connectivity index is 1.94. The zero-order chi connectivity index (χ0) is 16.9. The predicted octanol–water partition coefficient (Wildman–Crippen LogP) is 3.77. The average molecular weight is 325 g/mol. The molecule has 6 nitrogen and oxygen atoms in total. The van der Waals surface area contributed by atoms with Crippen molar-refractivity contribution >= 4 is 0 Å². The highest BCUT2D eigenvalue weighted by atomic mass is 16.5. The molecule has 0 atom stereocenters. The predicted molar refractivity (Wildman–Crippen MR) is 90.1 cm³/mol. The van der Waals surface area contributed by atoms with E-state index in [2.05, 4.69) is 22.0 Å². The van der Waals surface area contributed by atoms with Crippen LogP contribution in [0.4, 0.5) is 0 Å². The molecule has 0 saturated carbocycles. The van der Waals surface area contributed by atoms with Crippen LogP contribution in [0.1, 0.15) is 19.2 Å². The fraction of sp³-hybridized carbons (Fsp3) is 0.278. The van der Waals surface area contributed by atoms with E-state index in [9.17, 15) is 0 Å². The molecule has 2 aromatic heterocycles. The number of rotatable bonds is 6. The van der Waals surface area contributed by atoms with Crippen molar-refractivity contribution in [2.75, 3.05) is 14.2 Å². The first-order valence-corrected chi connectivity index (χ1v) is 7.77. The van der Waals surface area contributed by atoms with Crippen LogP contribution in [0.25, 0.3) is 22.6 Å². The Kier molecular flexibility index (Phi) is 4.74. The van der Waals surface area contributed by atoms with Crippen LogP contribution in [-0.2, 0) is 6.42 Å². The van der Waals surface area contributed by atoms with Crippen LogP contribution in [0.2, 0.25) is 0 Å². The minimum atomic E-state index is 0.465. The van der Waals surface area contributed by atoms with Gasteiger partial charge in [-0.15, -0.1) is 0 Å². The van der Waals surface area contributed by atoms with Gasteiger partial charge >= 0.3 is 0 Å². The van der Waals surface area contributed by atoms with Gasteiger partial charge in [-0.1, -0.05) is 12.1 Å². The van der Waals surface area contributed by atoms with Gasteiger partial charge in [0.05, 0.1) is 25.5 Å². The molecule has 0 bridgehead atoms. The van der Waals surface area contributed by atoms with Gasteiger partial charge in [-0.25, -0.2) is 4.98 Å². The molecule has 24 heavy (non-hydrogen) atoms. The minimum absolute atomic E-state index is 0.465. The lowest BCUT2D eigenvalue weighted by Crippen LogP contribution is -1.95. The minimum Gasteiger partial charge on any atom is -0.497 e. The number of hydrogen-bond donors (Lipinski definition) is 0. The number of methoxy groups -OCH3 is 2. The average Bonchev–Trinajstić information content (AvgIpc) is 3.10. The first-order chi connectivity index (χ1) is 11.7. The summed E-state index contributed by atoms with van der Waals surface area (Å²) < 4.78 is 15.8. The van der Waals surface area contributed by atoms with Gasteiger partial charge in [0.25, 0.3) is 0 Å². The number of aryl methyl sites for hydroxylation is 1. The smallest absolute Gasteiger partial charge is 0.226 e. The van der Waals surface area contributed by atoms with Gasteiger partial charge in [0.2, 0.25) is 17.6 Å². The molecule has 0 aliphatic heterocycles. The molecule has 0 N–H and O–H groups in total. The van der Waals surface area contributed by atoms with E-state index in [4.69, 9.17) is 14.0 Å². The number of nitrogens with zero attached hydrogens (tertiary/aromatic N) is 3. The van der Waals surface area contributed by atoms with Crippen LogP contribution in [-0.4, -0.2) is 29.3 Å². The van der Waals surface area contributed by atoms with Crippen molar-refractivity contribution in [1.82, 2.24) is 15.1 Å². The molecule has 0 amide bonds. The van der Waals surface area contributed by atoms with Gasteiger partial charge in [-0.2, -0.15) is 4.98 Å². The Bertz CT molecular complexity index is 813. The summed E-state index contributed by atoms with van der Waals surface area (Å²) in [7, 11) is 3.22. The highest BCUT2D eigenvalue weighted by molar-refractivity contribution is 5.68. The van der Waals surface area contributed by atoms with Gasteiger partial charge in [0.15, 0.2) is 0 Å². The van der Waals surface area contributed by atoms with Crippen LogP contribution in [0.3, 0.4) is 0 Å². The Labute approximate surface area is 140 Å². The van der Waals surface area contributed by atoms with E-state index in [1.54, 1.807) is 14.2 Å². The SMILES string of the molecule is CCCc1nc(-c2ccc(-c3ccc(OC)cc3)nc2OC)no1. The van der Waals surface area contributed by atoms with Crippen molar-refractivity contribution in [3.8, 4) is 34.3 Å². The molecular formula is C18H19N3O3. The van der Waals surface area contributed by atoms with Crippen molar-refractivity contribution in [2.45, 2.75) is 19.8 Å². The Morgan fingerprint density at radius 2 is 1.75 bits per heavy atom. The van der Waals surface area contributed by atoms with Gasteiger partial charge in [-0.3, -0.25) is 0 Å². The molecule has 0 saturated heterocycles. The number of aromatic nitrogens is 3. The van der Waals surface area contributed by atoms with E-state index in [0.29, 0.717) is 23.2 Å². The van der Waals surface area contributed by atoms with Crippen molar-refractivity contribution in [3.63, 3.8) is 0 Å². The fourth-order valence-corrected chi connectivity index (χ4v) is 2.37. The largest absolute Gasteiger partial charge is 0.497 e. The summed E-state index contributed by atoms with van der Waals surface area (Å²) in [6, 6.07) is 11.5. The summed E-state index contributed by atoms with van der Waals surface area (Å²) in [4.78, 5) is 8.95. The molecule has 124 valence electrons. The van der Waals surface area contributed by atoms with Crippen molar-refractivity contribution < 1.29 is 14.0 Å². The van der Waals surface area contributed by atoms with E-state index in [0.717, 1.165) is 29.8 Å². The van der Waals surface area contributed by atoms with Crippen LogP contribution in [0.5, 0.6) is 11.6 Å². The molecule has 6 heteroatoms. The summed E-state index contributed by atoms with van der Waals surface area (Å²) in [5, 5.41) is 4.02. The van der Waals surface area contributed by atoms with E-state index in [1.807, 2.05) is 36.4 Å². The van der Waals surface area contributed by atoms with Crippen LogP contribution >= 0.6 is 0 Å². The summed E-state index contributed by atoms with van der Waals surface area (Å²) in [6.45, 7) is 2.07. The lowest BCUT2D eigenvalue weighted by molar-refractivity contribution is 0.376. The topological polar surface area (TPSA) is 70.3 Å². The molecule has 0 fully saturated rings. The molecule has 0 unspecified atom stereocenters. The number of hydrogen-bond acceptors (Lipinski definition) is 6. The zero-order valence-corrected chi connectivity index (χ0v) is 13.9. The quantitative estimate of drug-likeness (QED) is 0.687. The van der Waals surface area contributed by atoms with Crippen molar-refractivity contribution in [3.05, 3.63) is 42.3 Å². The molecular weight excluding hydrogens is 306 g/mol. The molecule has 2 heterocycles. The van der Waals surface area contributed by atoms with Crippen LogP contribution < -0.4 is 9.47 Å². The van der Waals surface area contributed by atoms with E-state index in [1.165, 1.54) is 0 Å². The summed E-state index contributed by atoms with van der Waals surface area (Å²) in [5.74, 6) is 2.38. The number of ether oxygens (including phenoxy) is 2. The Morgan fingerprint density at radius 3 is 2.42 bits per heavy atom. The van der Waals surface area contributed by atoms with Gasteiger partial charge < -0.3 is 14.0 Å². The molecule has 1 aromatic carbocycles. The first-order valence-electron chi connectivity index (χ1n) is 7.77. The van der Waals surface area contributed by atoms with Gasteiger partial charge in [-0.05, 0) is 42.8 Å². The Morgan fingerprint density at radius 1 is 0.958 bits per heavy atom. The third-order valence-corrected chi connectivity index (χ3v) is 3.61. The third-order valence-electron chi connectivity index (χ3n) is 3.61.